The normalized spacial score (nSPS) is 29.0. The Morgan fingerprint density at radius 2 is 2.04 bits per heavy atom. The number of carbonyl (C=O) groups is 3. The van der Waals surface area contributed by atoms with Crippen LogP contribution in [0.1, 0.15) is 47.7 Å². The molecule has 0 aliphatic carbocycles. The fourth-order valence-corrected chi connectivity index (χ4v) is 4.63. The van der Waals surface area contributed by atoms with Gasteiger partial charge in [0.25, 0.3) is 5.91 Å². The van der Waals surface area contributed by atoms with E-state index in [4.69, 9.17) is 5.73 Å². The summed E-state index contributed by atoms with van der Waals surface area (Å²) >= 11 is 0. The summed E-state index contributed by atoms with van der Waals surface area (Å²) in [5.41, 5.74) is 8.92. The zero-order valence-corrected chi connectivity index (χ0v) is 15.6. The van der Waals surface area contributed by atoms with Crippen molar-refractivity contribution in [3.8, 4) is 0 Å². The third-order valence-electron chi connectivity index (χ3n) is 5.76. The van der Waals surface area contributed by atoms with Crippen LogP contribution in [0.5, 0.6) is 0 Å². The van der Waals surface area contributed by atoms with Crippen LogP contribution in [0.3, 0.4) is 0 Å². The van der Waals surface area contributed by atoms with Crippen LogP contribution in [-0.4, -0.2) is 52.7 Å². The minimum Gasteiger partial charge on any atom is -0.327 e. The minimum absolute atomic E-state index is 0.125. The van der Waals surface area contributed by atoms with E-state index in [1.807, 2.05) is 12.1 Å². The van der Waals surface area contributed by atoms with Crippen LogP contribution in [0.25, 0.3) is 0 Å². The molecule has 1 aromatic carbocycles. The van der Waals surface area contributed by atoms with Gasteiger partial charge in [-0.15, -0.1) is 0 Å². The van der Waals surface area contributed by atoms with Crippen LogP contribution in [0.15, 0.2) is 18.2 Å². The first-order valence-electron chi connectivity index (χ1n) is 9.65. The average molecular weight is 370 g/mol. The molecule has 3 aliphatic heterocycles. The summed E-state index contributed by atoms with van der Waals surface area (Å²) in [6, 6.07) is 5.59. The maximum Gasteiger partial charge on any atom is 0.255 e. The third kappa shape index (κ3) is 3.61. The molecule has 7 nitrogen and oxygen atoms in total. The number of hydrogen-bond acceptors (Lipinski definition) is 5. The van der Waals surface area contributed by atoms with Gasteiger partial charge >= 0.3 is 0 Å². The number of amides is 3. The highest BCUT2D eigenvalue weighted by Crippen LogP contribution is 2.29. The van der Waals surface area contributed by atoms with E-state index in [1.54, 1.807) is 4.90 Å². The van der Waals surface area contributed by atoms with Gasteiger partial charge in [0.05, 0.1) is 0 Å². The molecule has 3 amide bonds. The summed E-state index contributed by atoms with van der Waals surface area (Å²) in [7, 11) is 0. The Morgan fingerprint density at radius 1 is 1.22 bits per heavy atom. The van der Waals surface area contributed by atoms with Crippen molar-refractivity contribution in [3.05, 3.63) is 34.9 Å². The first kappa shape index (κ1) is 18.1. The number of imide groups is 1. The van der Waals surface area contributed by atoms with Crippen molar-refractivity contribution in [1.29, 1.82) is 0 Å². The molecule has 0 radical (unpaired) electrons. The highest BCUT2D eigenvalue weighted by molar-refractivity contribution is 6.05. The lowest BCUT2D eigenvalue weighted by atomic mass is 9.96. The first-order valence-corrected chi connectivity index (χ1v) is 9.65. The van der Waals surface area contributed by atoms with Crippen molar-refractivity contribution in [2.45, 2.75) is 51.4 Å². The SMILES string of the molecule is C[C@H]1C[C@H](N)CN(Cc2ccc3c(c2)CN(C2CCC(=O)NC2=O)C3=O)C1. The smallest absolute Gasteiger partial charge is 0.255 e. The van der Waals surface area contributed by atoms with Crippen LogP contribution in [-0.2, 0) is 22.7 Å². The summed E-state index contributed by atoms with van der Waals surface area (Å²) in [5, 5.41) is 2.34. The highest BCUT2D eigenvalue weighted by atomic mass is 16.2. The van der Waals surface area contributed by atoms with Gasteiger partial charge in [-0.25, -0.2) is 0 Å². The van der Waals surface area contributed by atoms with Gasteiger partial charge in [-0.3, -0.25) is 24.6 Å². The predicted molar refractivity (Wildman–Crippen MR) is 99.5 cm³/mol. The first-order chi connectivity index (χ1) is 12.9. The highest BCUT2D eigenvalue weighted by Gasteiger charge is 2.39. The minimum atomic E-state index is -0.563. The summed E-state index contributed by atoms with van der Waals surface area (Å²) in [5.74, 6) is -0.173. The molecule has 3 atom stereocenters. The Kier molecular flexibility index (Phi) is 4.74. The lowest BCUT2D eigenvalue weighted by Gasteiger charge is -2.34. The van der Waals surface area contributed by atoms with Crippen molar-refractivity contribution in [2.75, 3.05) is 13.1 Å². The number of nitrogens with two attached hydrogens (primary N) is 1. The molecule has 0 spiro atoms. The van der Waals surface area contributed by atoms with Crippen molar-refractivity contribution >= 4 is 17.7 Å². The third-order valence-corrected chi connectivity index (χ3v) is 5.76. The Bertz CT molecular complexity index is 783. The molecule has 2 fully saturated rings. The van der Waals surface area contributed by atoms with E-state index in [2.05, 4.69) is 23.2 Å². The average Bonchev–Trinajstić information content (AvgIpc) is 2.90. The second kappa shape index (κ2) is 7.05. The molecule has 0 aromatic heterocycles. The van der Waals surface area contributed by atoms with E-state index in [1.165, 1.54) is 0 Å². The Morgan fingerprint density at radius 3 is 2.78 bits per heavy atom. The van der Waals surface area contributed by atoms with Crippen LogP contribution in [0.2, 0.25) is 0 Å². The Hall–Kier alpha value is -2.25. The molecule has 0 bridgehead atoms. The fraction of sp³-hybridized carbons (Fsp3) is 0.550. The van der Waals surface area contributed by atoms with Crippen molar-refractivity contribution in [1.82, 2.24) is 15.1 Å². The molecule has 4 rings (SSSR count). The molecule has 7 heteroatoms. The molecule has 2 saturated heterocycles. The predicted octanol–water partition coefficient (Wildman–Crippen LogP) is 0.617. The summed E-state index contributed by atoms with van der Waals surface area (Å²) in [6.45, 7) is 5.39. The zero-order valence-electron chi connectivity index (χ0n) is 15.6. The van der Waals surface area contributed by atoms with Crippen LogP contribution in [0.4, 0.5) is 0 Å². The lowest BCUT2D eigenvalue weighted by Crippen LogP contribution is -2.52. The van der Waals surface area contributed by atoms with Crippen molar-refractivity contribution < 1.29 is 14.4 Å². The maximum absolute atomic E-state index is 12.7. The largest absolute Gasteiger partial charge is 0.327 e. The number of piperidine rings is 2. The van der Waals surface area contributed by atoms with Crippen LogP contribution in [0, 0.1) is 5.92 Å². The number of fused-ring (bicyclic) bond motifs is 1. The number of nitrogens with one attached hydrogen (secondary N) is 1. The van der Waals surface area contributed by atoms with Gasteiger partial charge in [0.15, 0.2) is 0 Å². The molecular weight excluding hydrogens is 344 g/mol. The molecule has 3 heterocycles. The van der Waals surface area contributed by atoms with Crippen molar-refractivity contribution in [2.24, 2.45) is 11.7 Å². The Balaban J connectivity index is 1.47. The van der Waals surface area contributed by atoms with Gasteiger partial charge in [0.2, 0.25) is 11.8 Å². The Labute approximate surface area is 158 Å². The van der Waals surface area contributed by atoms with Gasteiger partial charge in [0, 0.05) is 44.2 Å². The maximum atomic E-state index is 12.7. The van der Waals surface area contributed by atoms with E-state index in [-0.39, 0.29) is 30.2 Å². The summed E-state index contributed by atoms with van der Waals surface area (Å²) in [6.07, 6.45) is 1.73. The van der Waals surface area contributed by atoms with Crippen LogP contribution >= 0.6 is 0 Å². The topological polar surface area (TPSA) is 95.7 Å². The van der Waals surface area contributed by atoms with Gasteiger partial charge < -0.3 is 10.6 Å². The molecule has 3 aliphatic rings. The lowest BCUT2D eigenvalue weighted by molar-refractivity contribution is -0.136. The summed E-state index contributed by atoms with van der Waals surface area (Å²) in [4.78, 5) is 40.2. The number of carbonyl (C=O) groups excluding carboxylic acids is 3. The second-order valence-corrected chi connectivity index (χ2v) is 8.19. The molecule has 144 valence electrons. The zero-order chi connectivity index (χ0) is 19.1. The van der Waals surface area contributed by atoms with E-state index in [0.717, 1.165) is 37.2 Å². The van der Waals surface area contributed by atoms with Gasteiger partial charge in [0.1, 0.15) is 6.04 Å². The molecule has 27 heavy (non-hydrogen) atoms. The van der Waals surface area contributed by atoms with E-state index < -0.39 is 6.04 Å². The number of rotatable bonds is 3. The summed E-state index contributed by atoms with van der Waals surface area (Å²) < 4.78 is 0. The van der Waals surface area contributed by atoms with Gasteiger partial charge in [-0.05, 0) is 36.0 Å². The number of likely N-dealkylation sites (tertiary alicyclic amines) is 1. The van der Waals surface area contributed by atoms with E-state index in [0.29, 0.717) is 24.4 Å². The quantitative estimate of drug-likeness (QED) is 0.761. The van der Waals surface area contributed by atoms with E-state index >= 15 is 0 Å². The van der Waals surface area contributed by atoms with Crippen molar-refractivity contribution in [3.63, 3.8) is 0 Å². The molecular formula is C20H26N4O3. The van der Waals surface area contributed by atoms with Crippen LogP contribution < -0.4 is 11.1 Å². The monoisotopic (exact) mass is 370 g/mol. The second-order valence-electron chi connectivity index (χ2n) is 8.19. The number of benzene rings is 1. The fourth-order valence-electron chi connectivity index (χ4n) is 4.63. The van der Waals surface area contributed by atoms with Gasteiger partial charge in [-0.2, -0.15) is 0 Å². The van der Waals surface area contributed by atoms with E-state index in [9.17, 15) is 14.4 Å². The number of nitrogens with zero attached hydrogens (tertiary/aromatic N) is 2. The number of hydrogen-bond donors (Lipinski definition) is 2. The molecule has 0 saturated carbocycles. The molecule has 3 N–H and O–H groups in total. The molecule has 1 unspecified atom stereocenters. The molecule has 1 aromatic rings. The standard InChI is InChI=1S/C20H26N4O3/c1-12-6-15(21)11-23(8-12)9-13-2-3-16-14(7-13)10-24(20(16)27)17-4-5-18(25)22-19(17)26/h2-3,7,12,15,17H,4-6,8-11,21H2,1H3,(H,22,25,26)/t12-,15-,17?/m0/s1. The van der Waals surface area contributed by atoms with Gasteiger partial charge in [-0.1, -0.05) is 19.1 Å².